The van der Waals surface area contributed by atoms with Gasteiger partial charge in [-0.2, -0.15) is 0 Å². The van der Waals surface area contributed by atoms with E-state index in [1.165, 1.54) is 11.1 Å². The molecule has 1 heterocycles. The Balaban J connectivity index is 1.44. The largest absolute Gasteiger partial charge is 0.497 e. The molecule has 0 unspecified atom stereocenters. The summed E-state index contributed by atoms with van der Waals surface area (Å²) in [6.45, 7) is 13.8. The molecule has 1 fully saturated rings. The molecule has 232 valence electrons. The quantitative estimate of drug-likeness (QED) is 0.224. The highest BCUT2D eigenvalue weighted by Crippen LogP contribution is 2.42. The molecule has 2 N–H and O–H groups in total. The first kappa shape index (κ1) is 32.5. The van der Waals surface area contributed by atoms with Crippen molar-refractivity contribution in [1.82, 2.24) is 15.5 Å². The third-order valence-corrected chi connectivity index (χ3v) is 8.61. The number of ether oxygens (including phenoxy) is 2. The molecule has 4 rings (SSSR count). The molecule has 2 aromatic carbocycles. The van der Waals surface area contributed by atoms with E-state index in [-0.39, 0.29) is 35.9 Å². The van der Waals surface area contributed by atoms with Crippen LogP contribution in [0, 0.1) is 11.8 Å². The summed E-state index contributed by atoms with van der Waals surface area (Å²) in [6.07, 6.45) is 7.89. The Morgan fingerprint density at radius 2 is 1.91 bits per heavy atom. The Bertz CT molecular complexity index is 1230. The molecule has 0 spiro atoms. The minimum absolute atomic E-state index is 0.00312. The van der Waals surface area contributed by atoms with Crippen LogP contribution in [0.5, 0.6) is 5.75 Å². The molecular weight excluding hydrogens is 538 g/mol. The molecule has 5 atom stereocenters. The molecule has 0 saturated carbocycles. The van der Waals surface area contributed by atoms with Gasteiger partial charge in [-0.15, -0.1) is 13.2 Å². The number of nitrogens with one attached hydrogen (secondary N) is 2. The monoisotopic (exact) mass is 587 g/mol. The Labute approximate surface area is 257 Å². The summed E-state index contributed by atoms with van der Waals surface area (Å²) in [7, 11) is 1.68. The van der Waals surface area contributed by atoms with Crippen molar-refractivity contribution in [3.8, 4) is 5.75 Å². The number of likely N-dealkylation sites (tertiary alicyclic amines) is 1. The number of amides is 2. The van der Waals surface area contributed by atoms with E-state index in [9.17, 15) is 9.59 Å². The molecule has 1 aliphatic carbocycles. The summed E-state index contributed by atoms with van der Waals surface area (Å²) in [5.74, 6) is 1.26. The second kappa shape index (κ2) is 15.9. The third kappa shape index (κ3) is 8.58. The molecule has 7 heteroatoms. The van der Waals surface area contributed by atoms with Gasteiger partial charge in [-0.05, 0) is 79.8 Å². The van der Waals surface area contributed by atoms with Crippen LogP contribution in [-0.2, 0) is 20.7 Å². The summed E-state index contributed by atoms with van der Waals surface area (Å²) in [5.41, 5.74) is 3.52. The van der Waals surface area contributed by atoms with Gasteiger partial charge in [0.05, 0.1) is 19.8 Å². The number of benzene rings is 2. The maximum Gasteiger partial charge on any atom is 0.243 e. The van der Waals surface area contributed by atoms with Gasteiger partial charge in [0.2, 0.25) is 11.8 Å². The van der Waals surface area contributed by atoms with Crippen molar-refractivity contribution in [2.24, 2.45) is 11.8 Å². The van der Waals surface area contributed by atoms with E-state index in [0.29, 0.717) is 38.5 Å². The SMILES string of the molecule is C=CCO[C@@H]1C[C@H](NCC[C@H](Cc2ccccc2)NC(=O)[C@H](CC=C)N2CC[C@H](CC(C)C)C2=O)c2cc(OC)ccc21. The van der Waals surface area contributed by atoms with Gasteiger partial charge >= 0.3 is 0 Å². The molecule has 0 radical (unpaired) electrons. The van der Waals surface area contributed by atoms with Crippen molar-refractivity contribution in [2.75, 3.05) is 26.8 Å². The topological polar surface area (TPSA) is 79.9 Å². The highest BCUT2D eigenvalue weighted by Gasteiger charge is 2.39. The zero-order chi connectivity index (χ0) is 30.8. The van der Waals surface area contributed by atoms with Crippen molar-refractivity contribution in [3.05, 3.63) is 90.5 Å². The fraction of sp³-hybridized carbons (Fsp3) is 0.500. The predicted molar refractivity (Wildman–Crippen MR) is 172 cm³/mol. The van der Waals surface area contributed by atoms with Crippen LogP contribution in [0.2, 0.25) is 0 Å². The molecule has 1 saturated heterocycles. The number of carbonyl (C=O) groups is 2. The number of fused-ring (bicyclic) bond motifs is 1. The van der Waals surface area contributed by atoms with Crippen molar-refractivity contribution < 1.29 is 19.1 Å². The summed E-state index contributed by atoms with van der Waals surface area (Å²) in [6, 6.07) is 15.9. The second-order valence-electron chi connectivity index (χ2n) is 12.2. The van der Waals surface area contributed by atoms with E-state index < -0.39 is 6.04 Å². The lowest BCUT2D eigenvalue weighted by Crippen LogP contribution is -2.51. The maximum absolute atomic E-state index is 13.8. The molecule has 0 aromatic heterocycles. The number of methoxy groups -OCH3 is 1. The van der Waals surface area contributed by atoms with Gasteiger partial charge in [0.15, 0.2) is 0 Å². The van der Waals surface area contributed by atoms with Crippen molar-refractivity contribution >= 4 is 11.8 Å². The number of nitrogens with zero attached hydrogens (tertiary/aromatic N) is 1. The summed E-state index contributed by atoms with van der Waals surface area (Å²) in [4.78, 5) is 28.8. The first-order valence-electron chi connectivity index (χ1n) is 15.7. The zero-order valence-electron chi connectivity index (χ0n) is 26.1. The van der Waals surface area contributed by atoms with Gasteiger partial charge in [-0.1, -0.05) is 62.4 Å². The Hall–Kier alpha value is -3.42. The van der Waals surface area contributed by atoms with Gasteiger partial charge in [-0.3, -0.25) is 9.59 Å². The lowest BCUT2D eigenvalue weighted by Gasteiger charge is -2.29. The molecule has 1 aliphatic heterocycles. The lowest BCUT2D eigenvalue weighted by atomic mass is 9.96. The predicted octanol–water partition coefficient (Wildman–Crippen LogP) is 5.93. The van der Waals surface area contributed by atoms with Crippen LogP contribution in [0.15, 0.2) is 73.8 Å². The van der Waals surface area contributed by atoms with E-state index in [2.05, 4.69) is 61.9 Å². The van der Waals surface area contributed by atoms with Crippen LogP contribution in [-0.4, -0.2) is 55.6 Å². The average Bonchev–Trinajstić information content (AvgIpc) is 3.53. The summed E-state index contributed by atoms with van der Waals surface area (Å²) < 4.78 is 11.6. The summed E-state index contributed by atoms with van der Waals surface area (Å²) in [5, 5.41) is 7.06. The molecule has 2 aromatic rings. The fourth-order valence-corrected chi connectivity index (χ4v) is 6.53. The number of rotatable bonds is 17. The molecular formula is C36H49N3O4. The van der Waals surface area contributed by atoms with Crippen LogP contribution >= 0.6 is 0 Å². The van der Waals surface area contributed by atoms with Gasteiger partial charge < -0.3 is 25.0 Å². The first-order valence-corrected chi connectivity index (χ1v) is 15.7. The second-order valence-corrected chi connectivity index (χ2v) is 12.2. The van der Waals surface area contributed by atoms with Crippen LogP contribution in [0.25, 0.3) is 0 Å². The minimum atomic E-state index is -0.537. The van der Waals surface area contributed by atoms with Crippen LogP contribution in [0.1, 0.15) is 74.8 Å². The highest BCUT2D eigenvalue weighted by atomic mass is 16.5. The first-order chi connectivity index (χ1) is 20.8. The molecule has 2 amide bonds. The Morgan fingerprint density at radius 1 is 1.12 bits per heavy atom. The van der Waals surface area contributed by atoms with E-state index in [0.717, 1.165) is 37.0 Å². The standard InChI is InChI=1S/C36H49N3O4/c1-6-11-33(39-19-17-27(36(39)41)21-25(3)4)35(40)38-28(22-26-12-9-8-10-13-26)16-18-37-32-24-34(43-20-7-2)30-15-14-29(42-5)23-31(30)32/h6-10,12-15,23,25,27-28,32-34,37H,1-2,11,16-22,24H2,3-5H3,(H,38,40)/t27-,28-,32+,33+,34-/m1/s1. The zero-order valence-corrected chi connectivity index (χ0v) is 26.1. The van der Waals surface area contributed by atoms with Crippen LogP contribution in [0.4, 0.5) is 0 Å². The van der Waals surface area contributed by atoms with E-state index in [1.54, 1.807) is 24.2 Å². The van der Waals surface area contributed by atoms with Gasteiger partial charge in [0.1, 0.15) is 11.8 Å². The van der Waals surface area contributed by atoms with Crippen molar-refractivity contribution in [2.45, 2.75) is 76.6 Å². The van der Waals surface area contributed by atoms with Gasteiger partial charge in [-0.25, -0.2) is 0 Å². The normalized spacial score (nSPS) is 21.0. The lowest BCUT2D eigenvalue weighted by molar-refractivity contribution is -0.139. The van der Waals surface area contributed by atoms with Crippen LogP contribution in [0.3, 0.4) is 0 Å². The van der Waals surface area contributed by atoms with Gasteiger partial charge in [0, 0.05) is 24.5 Å². The van der Waals surface area contributed by atoms with Crippen molar-refractivity contribution in [3.63, 3.8) is 0 Å². The molecule has 7 nitrogen and oxygen atoms in total. The van der Waals surface area contributed by atoms with E-state index >= 15 is 0 Å². The number of carbonyl (C=O) groups excluding carboxylic acids is 2. The fourth-order valence-electron chi connectivity index (χ4n) is 6.53. The van der Waals surface area contributed by atoms with Crippen LogP contribution < -0.4 is 15.4 Å². The Kier molecular flexibility index (Phi) is 12.0. The highest BCUT2D eigenvalue weighted by molar-refractivity contribution is 5.90. The van der Waals surface area contributed by atoms with Gasteiger partial charge in [0.25, 0.3) is 0 Å². The summed E-state index contributed by atoms with van der Waals surface area (Å²) >= 11 is 0. The number of hydrogen-bond acceptors (Lipinski definition) is 5. The van der Waals surface area contributed by atoms with Crippen molar-refractivity contribution in [1.29, 1.82) is 0 Å². The third-order valence-electron chi connectivity index (χ3n) is 8.61. The molecule has 0 bridgehead atoms. The maximum atomic E-state index is 13.8. The van der Waals surface area contributed by atoms with E-state index in [1.807, 2.05) is 24.3 Å². The number of hydrogen-bond donors (Lipinski definition) is 2. The molecule has 2 aliphatic rings. The molecule has 43 heavy (non-hydrogen) atoms. The minimum Gasteiger partial charge on any atom is -0.497 e. The average molecular weight is 588 g/mol. The smallest absolute Gasteiger partial charge is 0.243 e. The van der Waals surface area contributed by atoms with E-state index in [4.69, 9.17) is 9.47 Å². The Morgan fingerprint density at radius 3 is 2.60 bits per heavy atom.